The molecule has 4 heterocycles. The summed E-state index contributed by atoms with van der Waals surface area (Å²) in [5, 5.41) is 10.3. The first-order valence-corrected chi connectivity index (χ1v) is 12.4. The predicted octanol–water partition coefficient (Wildman–Crippen LogP) is 3.17. The third kappa shape index (κ3) is 3.57. The number of fused-ring (bicyclic) bond motifs is 4. The van der Waals surface area contributed by atoms with Crippen LogP contribution in [0.15, 0.2) is 42.6 Å². The number of hydrogen-bond acceptors (Lipinski definition) is 5. The van der Waals surface area contributed by atoms with E-state index in [1.54, 1.807) is 6.20 Å². The van der Waals surface area contributed by atoms with Gasteiger partial charge >= 0.3 is 0 Å². The lowest BCUT2D eigenvalue weighted by Gasteiger charge is -2.42. The molecule has 2 atom stereocenters. The number of nitrogens with zero attached hydrogens (tertiary/aromatic N) is 3. The van der Waals surface area contributed by atoms with E-state index in [9.17, 15) is 9.59 Å². The third-order valence-corrected chi connectivity index (χ3v) is 7.89. The molecule has 1 aromatic carbocycles. The van der Waals surface area contributed by atoms with Crippen LogP contribution >= 0.6 is 0 Å². The van der Waals surface area contributed by atoms with E-state index in [1.165, 1.54) is 12.0 Å². The Labute approximate surface area is 198 Å². The minimum absolute atomic E-state index is 0.0706. The molecule has 0 bridgehead atoms. The summed E-state index contributed by atoms with van der Waals surface area (Å²) in [5.74, 6) is 0.107. The average Bonchev–Trinajstić information content (AvgIpc) is 3.28. The summed E-state index contributed by atoms with van der Waals surface area (Å²) >= 11 is 0. The molecule has 176 valence electrons. The molecule has 1 saturated carbocycles. The molecule has 3 N–H and O–H groups in total. The Balaban J connectivity index is 1.32. The van der Waals surface area contributed by atoms with Crippen LogP contribution in [0.4, 0.5) is 5.95 Å². The van der Waals surface area contributed by atoms with E-state index in [1.807, 2.05) is 24.3 Å². The molecule has 1 spiro atoms. The highest BCUT2D eigenvalue weighted by molar-refractivity contribution is 5.99. The van der Waals surface area contributed by atoms with Gasteiger partial charge in [-0.05, 0) is 43.4 Å². The SMILES string of the molecule is O=C1NCC2(CCCCC2)n2c1cc1cnc(NC(=O)[C@H]3CNCC[C@H]3c3ccccc3)nc12. The normalized spacial score (nSPS) is 23.9. The monoisotopic (exact) mass is 458 g/mol. The number of hydrogen-bond donors (Lipinski definition) is 3. The van der Waals surface area contributed by atoms with Crippen molar-refractivity contribution in [3.8, 4) is 0 Å². The number of piperidine rings is 1. The van der Waals surface area contributed by atoms with E-state index < -0.39 is 0 Å². The van der Waals surface area contributed by atoms with Crippen LogP contribution in [0.1, 0.15) is 60.5 Å². The topological polar surface area (TPSA) is 101 Å². The minimum atomic E-state index is -0.202. The third-order valence-electron chi connectivity index (χ3n) is 7.89. The van der Waals surface area contributed by atoms with Crippen molar-refractivity contribution in [3.63, 3.8) is 0 Å². The molecule has 1 saturated heterocycles. The Morgan fingerprint density at radius 1 is 1.15 bits per heavy atom. The second-order valence-electron chi connectivity index (χ2n) is 9.91. The van der Waals surface area contributed by atoms with Crippen LogP contribution in [0.2, 0.25) is 0 Å². The van der Waals surface area contributed by atoms with E-state index >= 15 is 0 Å². The Morgan fingerprint density at radius 3 is 2.79 bits per heavy atom. The van der Waals surface area contributed by atoms with Crippen LogP contribution in [0.25, 0.3) is 11.0 Å². The fourth-order valence-corrected chi connectivity index (χ4v) is 6.16. The zero-order valence-electron chi connectivity index (χ0n) is 19.2. The van der Waals surface area contributed by atoms with Gasteiger partial charge in [0.1, 0.15) is 11.3 Å². The van der Waals surface area contributed by atoms with Gasteiger partial charge in [0.2, 0.25) is 11.9 Å². The summed E-state index contributed by atoms with van der Waals surface area (Å²) in [7, 11) is 0. The van der Waals surface area contributed by atoms with Crippen molar-refractivity contribution in [2.45, 2.75) is 50.0 Å². The van der Waals surface area contributed by atoms with Gasteiger partial charge < -0.3 is 15.2 Å². The second kappa shape index (κ2) is 8.51. The van der Waals surface area contributed by atoms with Gasteiger partial charge in [-0.2, -0.15) is 4.98 Å². The summed E-state index contributed by atoms with van der Waals surface area (Å²) < 4.78 is 2.13. The summed E-state index contributed by atoms with van der Waals surface area (Å²) in [4.78, 5) is 35.2. The molecule has 8 nitrogen and oxygen atoms in total. The number of carbonyl (C=O) groups is 2. The predicted molar refractivity (Wildman–Crippen MR) is 130 cm³/mol. The molecular formula is C26H30N6O2. The largest absolute Gasteiger partial charge is 0.348 e. The Morgan fingerprint density at radius 2 is 1.97 bits per heavy atom. The number of nitrogens with one attached hydrogen (secondary N) is 3. The van der Waals surface area contributed by atoms with Crippen molar-refractivity contribution in [1.82, 2.24) is 25.2 Å². The van der Waals surface area contributed by atoms with Crippen molar-refractivity contribution in [3.05, 3.63) is 53.9 Å². The first-order chi connectivity index (χ1) is 16.6. The van der Waals surface area contributed by atoms with Crippen LogP contribution < -0.4 is 16.0 Å². The molecule has 3 aliphatic rings. The highest BCUT2D eigenvalue weighted by Gasteiger charge is 2.41. The average molecular weight is 459 g/mol. The highest BCUT2D eigenvalue weighted by Crippen LogP contribution is 2.40. The number of anilines is 1. The Hall–Kier alpha value is -3.26. The number of benzene rings is 1. The van der Waals surface area contributed by atoms with Crippen molar-refractivity contribution in [2.75, 3.05) is 25.0 Å². The van der Waals surface area contributed by atoms with Gasteiger partial charge in [0, 0.05) is 24.7 Å². The molecule has 2 aromatic heterocycles. The molecule has 34 heavy (non-hydrogen) atoms. The van der Waals surface area contributed by atoms with Crippen LogP contribution in [-0.2, 0) is 10.3 Å². The summed E-state index contributed by atoms with van der Waals surface area (Å²) in [6, 6.07) is 12.1. The van der Waals surface area contributed by atoms with Crippen LogP contribution in [0.5, 0.6) is 0 Å². The Kier molecular flexibility index (Phi) is 5.32. The molecular weight excluding hydrogens is 428 g/mol. The summed E-state index contributed by atoms with van der Waals surface area (Å²) in [6.45, 7) is 2.14. The van der Waals surface area contributed by atoms with Crippen LogP contribution in [-0.4, -0.2) is 46.0 Å². The zero-order valence-corrected chi connectivity index (χ0v) is 19.2. The number of amides is 2. The lowest BCUT2D eigenvalue weighted by Crippen LogP contribution is -2.52. The molecule has 2 amide bonds. The van der Waals surface area contributed by atoms with Crippen molar-refractivity contribution in [1.29, 1.82) is 0 Å². The first kappa shape index (κ1) is 21.3. The zero-order chi connectivity index (χ0) is 23.1. The molecule has 3 aromatic rings. The number of rotatable bonds is 3. The maximum absolute atomic E-state index is 13.4. The Bertz CT molecular complexity index is 1230. The van der Waals surface area contributed by atoms with Gasteiger partial charge in [-0.15, -0.1) is 0 Å². The van der Waals surface area contributed by atoms with Crippen molar-refractivity contribution in [2.24, 2.45) is 5.92 Å². The van der Waals surface area contributed by atoms with Crippen molar-refractivity contribution >= 4 is 28.8 Å². The van der Waals surface area contributed by atoms with E-state index in [2.05, 4.69) is 37.6 Å². The van der Waals surface area contributed by atoms with Gasteiger partial charge in [0.25, 0.3) is 5.91 Å². The van der Waals surface area contributed by atoms with Gasteiger partial charge in [0.15, 0.2) is 0 Å². The standard InChI is InChI=1S/C26H30N6O2/c33-23(20-15-27-12-9-19(20)17-7-3-1-4-8-17)31-25-28-14-18-13-21-24(34)29-16-26(10-5-2-6-11-26)32(21)22(18)30-25/h1,3-4,7-8,13-14,19-20,27H,2,5-6,9-12,15-16H2,(H,29,34)(H,28,30,31,33)/t19-,20-/m0/s1. The summed E-state index contributed by atoms with van der Waals surface area (Å²) in [5.41, 5.74) is 2.41. The molecule has 0 radical (unpaired) electrons. The molecule has 2 fully saturated rings. The lowest BCUT2D eigenvalue weighted by atomic mass is 9.80. The second-order valence-corrected chi connectivity index (χ2v) is 9.91. The quantitative estimate of drug-likeness (QED) is 0.560. The number of carbonyl (C=O) groups excluding carboxylic acids is 2. The summed E-state index contributed by atoms with van der Waals surface area (Å²) in [6.07, 6.45) is 8.16. The van der Waals surface area contributed by atoms with Crippen molar-refractivity contribution < 1.29 is 9.59 Å². The fraction of sp³-hybridized carbons (Fsp3) is 0.462. The minimum Gasteiger partial charge on any atom is -0.348 e. The van der Waals surface area contributed by atoms with E-state index in [4.69, 9.17) is 4.98 Å². The van der Waals surface area contributed by atoms with Crippen LogP contribution in [0, 0.1) is 5.92 Å². The highest BCUT2D eigenvalue weighted by atomic mass is 16.2. The van der Waals surface area contributed by atoms with Gasteiger partial charge in [-0.3, -0.25) is 14.9 Å². The van der Waals surface area contributed by atoms with E-state index in [0.29, 0.717) is 24.7 Å². The molecule has 2 aliphatic heterocycles. The van der Waals surface area contributed by atoms with E-state index in [0.717, 1.165) is 49.7 Å². The smallest absolute Gasteiger partial charge is 0.268 e. The number of aromatic nitrogens is 3. The van der Waals surface area contributed by atoms with Gasteiger partial charge in [-0.1, -0.05) is 49.6 Å². The van der Waals surface area contributed by atoms with Gasteiger partial charge in [-0.25, -0.2) is 4.98 Å². The molecule has 6 rings (SSSR count). The fourth-order valence-electron chi connectivity index (χ4n) is 6.16. The first-order valence-electron chi connectivity index (χ1n) is 12.4. The maximum Gasteiger partial charge on any atom is 0.268 e. The van der Waals surface area contributed by atoms with E-state index in [-0.39, 0.29) is 29.2 Å². The van der Waals surface area contributed by atoms with Gasteiger partial charge in [0.05, 0.1) is 11.5 Å². The molecule has 0 unspecified atom stereocenters. The lowest BCUT2D eigenvalue weighted by molar-refractivity contribution is -0.121. The molecule has 8 heteroatoms. The van der Waals surface area contributed by atoms with Crippen LogP contribution in [0.3, 0.4) is 0 Å². The molecule has 1 aliphatic carbocycles. The maximum atomic E-state index is 13.4.